The lowest BCUT2D eigenvalue weighted by Gasteiger charge is -2.42. The van der Waals surface area contributed by atoms with E-state index in [2.05, 4.69) is 17.0 Å². The maximum Gasteiger partial charge on any atom is 0.530 e. The van der Waals surface area contributed by atoms with Crippen LogP contribution in [-0.4, -0.2) is 40.5 Å². The first-order valence-electron chi connectivity index (χ1n) is 9.65. The third kappa shape index (κ3) is 4.91. The smallest absolute Gasteiger partial charge is 0.397 e. The Balaban J connectivity index is 1.42. The number of benzene rings is 2. The van der Waals surface area contributed by atoms with Gasteiger partial charge in [-0.15, -0.1) is 0 Å². The number of nitro benzene ring substituents is 2. The average molecular weight is 449 g/mol. The molecule has 164 valence electrons. The molecular weight excluding hydrogens is 429 g/mol. The molecule has 2 fully saturated rings. The predicted molar refractivity (Wildman–Crippen MR) is 109 cm³/mol. The van der Waals surface area contributed by atoms with E-state index in [1.165, 1.54) is 5.56 Å². The third-order valence-electron chi connectivity index (χ3n) is 5.27. The first kappa shape index (κ1) is 21.4. The number of fused-ring (bicyclic) bond motifs is 1. The molecule has 2 aliphatic heterocycles. The van der Waals surface area contributed by atoms with Crippen LogP contribution in [0.15, 0.2) is 48.5 Å². The second-order valence-electron chi connectivity index (χ2n) is 7.41. The maximum atomic E-state index is 13.0. The van der Waals surface area contributed by atoms with E-state index >= 15 is 0 Å². The van der Waals surface area contributed by atoms with E-state index in [-0.39, 0.29) is 18.6 Å². The van der Waals surface area contributed by atoms with E-state index in [9.17, 15) is 24.8 Å². The maximum absolute atomic E-state index is 13.0. The summed E-state index contributed by atoms with van der Waals surface area (Å²) < 4.78 is 29.3. The van der Waals surface area contributed by atoms with Gasteiger partial charge in [0.25, 0.3) is 5.69 Å². The number of hydrogen-bond acceptors (Lipinski definition) is 9. The summed E-state index contributed by atoms with van der Waals surface area (Å²) in [4.78, 5) is 22.8. The summed E-state index contributed by atoms with van der Waals surface area (Å²) >= 11 is 0. The molecule has 31 heavy (non-hydrogen) atoms. The molecule has 4 rings (SSSR count). The molecule has 0 radical (unpaired) electrons. The predicted octanol–water partition coefficient (Wildman–Crippen LogP) is 3.93. The van der Waals surface area contributed by atoms with Crippen LogP contribution in [0.3, 0.4) is 0 Å². The average Bonchev–Trinajstić information content (AvgIpc) is 2.74. The Morgan fingerprint density at radius 3 is 2.61 bits per heavy atom. The van der Waals surface area contributed by atoms with Crippen LogP contribution in [0, 0.1) is 26.1 Å². The molecule has 0 N–H and O–H groups in total. The van der Waals surface area contributed by atoms with Gasteiger partial charge < -0.3 is 4.52 Å². The summed E-state index contributed by atoms with van der Waals surface area (Å²) in [7, 11) is -4.11. The van der Waals surface area contributed by atoms with Crippen LogP contribution in [0.25, 0.3) is 0 Å². The molecule has 3 atom stereocenters. The molecule has 2 heterocycles. The van der Waals surface area contributed by atoms with Crippen molar-refractivity contribution >= 4 is 19.2 Å². The zero-order chi connectivity index (χ0) is 22.0. The van der Waals surface area contributed by atoms with Crippen LogP contribution < -0.4 is 4.52 Å². The molecule has 2 saturated heterocycles. The molecule has 0 bridgehead atoms. The number of hydrogen-bond donors (Lipinski definition) is 0. The number of phosphoric acid groups is 1. The van der Waals surface area contributed by atoms with Gasteiger partial charge in [-0.2, -0.15) is 0 Å². The molecule has 0 saturated carbocycles. The zero-order valence-corrected chi connectivity index (χ0v) is 17.3. The molecular formula is C19H20N3O8P. The number of rotatable bonds is 6. The van der Waals surface area contributed by atoms with Crippen LogP contribution in [-0.2, 0) is 20.2 Å². The topological polar surface area (TPSA) is 134 Å². The second kappa shape index (κ2) is 8.72. The van der Waals surface area contributed by atoms with Crippen molar-refractivity contribution in [3.63, 3.8) is 0 Å². The van der Waals surface area contributed by atoms with Crippen LogP contribution in [0.2, 0.25) is 0 Å². The van der Waals surface area contributed by atoms with Crippen molar-refractivity contribution in [1.29, 1.82) is 0 Å². The Hall–Kier alpha value is -2.85. The minimum atomic E-state index is -4.11. The van der Waals surface area contributed by atoms with Crippen LogP contribution in [0.1, 0.15) is 12.0 Å². The van der Waals surface area contributed by atoms with Gasteiger partial charge in [-0.25, -0.2) is 4.57 Å². The molecule has 2 aromatic carbocycles. The summed E-state index contributed by atoms with van der Waals surface area (Å²) in [6.07, 6.45) is 0.236. The van der Waals surface area contributed by atoms with Crippen molar-refractivity contribution in [3.8, 4) is 5.75 Å². The number of nitro groups is 2. The highest BCUT2D eigenvalue weighted by atomic mass is 31.2. The summed E-state index contributed by atoms with van der Waals surface area (Å²) in [6, 6.07) is 12.8. The standard InChI is InChI=1S/C19H20N3O8P/c23-21(24)16-6-7-19(17(10-16)22(25)26)30-31(27)28-13-15-12-20(9-8-18(15)29-31)11-14-4-2-1-3-5-14/h1-7,10,15,18H,8-9,11-13H2/t15-,18+,31?/m1/s1. The van der Waals surface area contributed by atoms with Crippen LogP contribution in [0.4, 0.5) is 11.4 Å². The third-order valence-corrected chi connectivity index (χ3v) is 6.68. The molecule has 0 aliphatic carbocycles. The van der Waals surface area contributed by atoms with Crippen molar-refractivity contribution in [2.24, 2.45) is 5.92 Å². The van der Waals surface area contributed by atoms with E-state index in [0.717, 1.165) is 31.3 Å². The number of piperidine rings is 1. The Morgan fingerprint density at radius 2 is 1.90 bits per heavy atom. The molecule has 0 spiro atoms. The monoisotopic (exact) mass is 449 g/mol. The molecule has 2 aliphatic rings. The molecule has 0 aromatic heterocycles. The van der Waals surface area contributed by atoms with Crippen molar-refractivity contribution < 1.29 is 28.0 Å². The molecule has 2 aromatic rings. The zero-order valence-electron chi connectivity index (χ0n) is 16.4. The van der Waals surface area contributed by atoms with Crippen LogP contribution >= 0.6 is 7.82 Å². The first-order chi connectivity index (χ1) is 14.8. The Kier molecular flexibility index (Phi) is 6.01. The van der Waals surface area contributed by atoms with Gasteiger partial charge in [0.15, 0.2) is 0 Å². The van der Waals surface area contributed by atoms with E-state index in [1.54, 1.807) is 0 Å². The fraction of sp³-hybridized carbons (Fsp3) is 0.368. The lowest BCUT2D eigenvalue weighted by molar-refractivity contribution is -0.394. The van der Waals surface area contributed by atoms with Crippen molar-refractivity contribution in [3.05, 3.63) is 74.3 Å². The normalized spacial score (nSPS) is 26.1. The summed E-state index contributed by atoms with van der Waals surface area (Å²) in [6.45, 7) is 2.33. The number of nitrogens with zero attached hydrogens (tertiary/aromatic N) is 3. The Labute approximate surface area is 177 Å². The molecule has 11 nitrogen and oxygen atoms in total. The van der Waals surface area contributed by atoms with Crippen molar-refractivity contribution in [2.75, 3.05) is 19.7 Å². The first-order valence-corrected chi connectivity index (χ1v) is 11.1. The number of non-ortho nitro benzene ring substituents is 1. The van der Waals surface area contributed by atoms with Gasteiger partial charge in [0.1, 0.15) is 0 Å². The molecule has 12 heteroatoms. The van der Waals surface area contributed by atoms with Gasteiger partial charge in [-0.1, -0.05) is 30.3 Å². The quantitative estimate of drug-likeness (QED) is 0.365. The highest BCUT2D eigenvalue weighted by Gasteiger charge is 2.45. The highest BCUT2D eigenvalue weighted by Crippen LogP contribution is 2.56. The van der Waals surface area contributed by atoms with E-state index in [1.807, 2.05) is 18.2 Å². The van der Waals surface area contributed by atoms with E-state index < -0.39 is 34.8 Å². The fourth-order valence-electron chi connectivity index (χ4n) is 3.76. The van der Waals surface area contributed by atoms with Crippen molar-refractivity contribution in [1.82, 2.24) is 4.90 Å². The van der Waals surface area contributed by atoms with Gasteiger partial charge in [-0.3, -0.25) is 34.2 Å². The highest BCUT2D eigenvalue weighted by molar-refractivity contribution is 7.49. The van der Waals surface area contributed by atoms with E-state index in [0.29, 0.717) is 13.0 Å². The van der Waals surface area contributed by atoms with Gasteiger partial charge in [-0.05, 0) is 18.1 Å². The lowest BCUT2D eigenvalue weighted by atomic mass is 9.95. The molecule has 0 amide bonds. The van der Waals surface area contributed by atoms with Gasteiger partial charge in [0, 0.05) is 31.6 Å². The summed E-state index contributed by atoms with van der Waals surface area (Å²) in [5.74, 6) is -0.422. The van der Waals surface area contributed by atoms with Gasteiger partial charge >= 0.3 is 13.5 Å². The SMILES string of the molecule is O=[N+]([O-])c1ccc(OP2(=O)OC[C@H]3CN(Cc4ccccc4)CC[C@@H]3O2)c([N+](=O)[O-])c1. The van der Waals surface area contributed by atoms with E-state index in [4.69, 9.17) is 13.6 Å². The Morgan fingerprint density at radius 1 is 1.13 bits per heavy atom. The second-order valence-corrected chi connectivity index (χ2v) is 8.96. The van der Waals surface area contributed by atoms with Gasteiger partial charge in [0.2, 0.25) is 5.75 Å². The summed E-state index contributed by atoms with van der Waals surface area (Å²) in [5, 5.41) is 22.2. The van der Waals surface area contributed by atoms with Gasteiger partial charge in [0.05, 0.1) is 28.6 Å². The van der Waals surface area contributed by atoms with Crippen molar-refractivity contribution in [2.45, 2.75) is 19.1 Å². The number of phosphoric ester groups is 1. The lowest BCUT2D eigenvalue weighted by Crippen LogP contribution is -2.47. The van der Waals surface area contributed by atoms with Crippen LogP contribution in [0.5, 0.6) is 5.75 Å². The minimum absolute atomic E-state index is 0.0185. The largest absolute Gasteiger partial charge is 0.530 e. The summed E-state index contributed by atoms with van der Waals surface area (Å²) in [5.41, 5.74) is 0.0307. The Bertz CT molecular complexity index is 1030. The number of likely N-dealkylation sites (tertiary alicyclic amines) is 1. The minimum Gasteiger partial charge on any atom is -0.397 e. The fourth-order valence-corrected chi connectivity index (χ4v) is 5.30. The molecule has 1 unspecified atom stereocenters.